The minimum atomic E-state index is -0.540. The molecule has 0 atom stereocenters. The van der Waals surface area contributed by atoms with Crippen LogP contribution in [0.1, 0.15) is 10.0 Å². The van der Waals surface area contributed by atoms with Gasteiger partial charge in [0.1, 0.15) is 56.3 Å². The second-order valence-electron chi connectivity index (χ2n) is 15.1. The molecule has 4 aromatic heterocycles. The quantitative estimate of drug-likeness (QED) is 0.132. The molecule has 0 aliphatic heterocycles. The molecule has 2 N–H and O–H groups in total. The lowest BCUT2D eigenvalue weighted by Crippen LogP contribution is -2.53. The Morgan fingerprint density at radius 1 is 0.600 bits per heavy atom. The Morgan fingerprint density at radius 2 is 1.05 bits per heavy atom. The summed E-state index contributed by atoms with van der Waals surface area (Å²) in [5, 5.41) is 48.1. The molecule has 10 nitrogen and oxygen atoms in total. The summed E-state index contributed by atoms with van der Waals surface area (Å²) in [7, 11) is 5.14. The highest BCUT2D eigenvalue weighted by Crippen LogP contribution is 2.38. The van der Waals surface area contributed by atoms with Gasteiger partial charge in [-0.15, -0.1) is 22.7 Å². The van der Waals surface area contributed by atoms with Crippen molar-refractivity contribution in [3.8, 4) is 57.7 Å². The maximum Gasteiger partial charge on any atom is 0.328 e. The summed E-state index contributed by atoms with van der Waals surface area (Å²) in [6.45, 7) is 1.37. The van der Waals surface area contributed by atoms with Gasteiger partial charge in [-0.25, -0.2) is 9.97 Å². The molecule has 10 rings (SSSR count). The fourth-order valence-corrected chi connectivity index (χ4v) is 10.5. The number of hydrogen-bond donors (Lipinski definition) is 2. The van der Waals surface area contributed by atoms with Crippen molar-refractivity contribution in [2.75, 3.05) is 14.2 Å². The summed E-state index contributed by atoms with van der Waals surface area (Å²) in [5.74, 6) is 1.46. The molecule has 14 heteroatoms. The number of ether oxygens (including phenoxy) is 2. The Morgan fingerprint density at radius 3 is 1.49 bits per heavy atom. The van der Waals surface area contributed by atoms with E-state index in [1.54, 1.807) is 38.5 Å². The van der Waals surface area contributed by atoms with Crippen molar-refractivity contribution in [2.24, 2.45) is 0 Å². The average Bonchev–Trinajstić information content (AvgIpc) is 4.12. The second kappa shape index (κ2) is 16.9. The van der Waals surface area contributed by atoms with Gasteiger partial charge in [0, 0.05) is 34.3 Å². The van der Waals surface area contributed by atoms with Gasteiger partial charge in [-0.05, 0) is 83.9 Å². The molecular weight excluding hydrogens is 846 g/mol. The number of aromatic nitrogens is 4. The first-order valence-electron chi connectivity index (χ1n) is 20.6. The fraction of sp³-hybridized carbons (Fsp3) is 0.0588. The van der Waals surface area contributed by atoms with E-state index in [4.69, 9.17) is 19.4 Å². The highest BCUT2D eigenvalue weighted by atomic mass is 32.1. The topological polar surface area (TPSA) is 142 Å². The minimum Gasteiger partial charge on any atom is -0.508 e. The first-order valence-corrected chi connectivity index (χ1v) is 22.2. The number of hydrogen-bond acceptors (Lipinski definition) is 10. The van der Waals surface area contributed by atoms with E-state index in [0.29, 0.717) is 76.6 Å². The smallest absolute Gasteiger partial charge is 0.328 e. The second-order valence-corrected chi connectivity index (χ2v) is 17.2. The van der Waals surface area contributed by atoms with Crippen LogP contribution in [0.15, 0.2) is 146 Å². The Kier molecular flexibility index (Phi) is 10.7. The highest BCUT2D eigenvalue weighted by Gasteiger charge is 2.34. The zero-order valence-corrected chi connectivity index (χ0v) is 36.9. The van der Waals surface area contributed by atoms with Crippen LogP contribution in [0.2, 0.25) is 6.82 Å². The highest BCUT2D eigenvalue weighted by molar-refractivity contribution is 7.20. The summed E-state index contributed by atoms with van der Waals surface area (Å²) < 4.78 is 17.1. The van der Waals surface area contributed by atoms with Crippen LogP contribution in [0.3, 0.4) is 0 Å². The number of phenols is 2. The van der Waals surface area contributed by atoms with Crippen LogP contribution in [0, 0.1) is 22.7 Å². The lowest BCUT2D eigenvalue weighted by molar-refractivity contribution is 0.415. The minimum absolute atomic E-state index is 0.0822. The van der Waals surface area contributed by atoms with Crippen LogP contribution < -0.4 is 31.1 Å². The Hall–Kier alpha value is -8.03. The number of phenolic OH excluding ortho intramolecular Hbond substituents is 2. The maximum absolute atomic E-state index is 11.8. The largest absolute Gasteiger partial charge is 0.508 e. The number of rotatable bonds is 10. The van der Waals surface area contributed by atoms with Crippen molar-refractivity contribution in [1.29, 1.82) is 10.5 Å². The zero-order valence-electron chi connectivity index (χ0n) is 35.2. The SMILES string of the molecule is C[B]n1c(-c2ccc(O)cc2)c2/c(=C(\C#N)c3nc4cc(OC)ccc4s3)n(B(c3ccccc3)c3ccccc3)c(-c3ccc(O)cc3)c2/c1=C(\C#N)c1nc2cc(OC)ccc2s1. The Bertz CT molecular complexity index is 3620. The molecule has 4 heterocycles. The number of aromatic hydroxyl groups is 2. The molecule has 311 valence electrons. The lowest BCUT2D eigenvalue weighted by Gasteiger charge is -2.22. The summed E-state index contributed by atoms with van der Waals surface area (Å²) >= 11 is 2.81. The molecule has 0 saturated heterocycles. The molecule has 10 aromatic rings. The normalized spacial score (nSPS) is 12.2. The van der Waals surface area contributed by atoms with Gasteiger partial charge < -0.3 is 28.6 Å². The van der Waals surface area contributed by atoms with Crippen molar-refractivity contribution < 1.29 is 19.7 Å². The maximum atomic E-state index is 11.8. The molecule has 65 heavy (non-hydrogen) atoms. The number of nitrogens with zero attached hydrogens (tertiary/aromatic N) is 6. The number of methoxy groups -OCH3 is 2. The van der Waals surface area contributed by atoms with Gasteiger partial charge in [-0.2, -0.15) is 10.5 Å². The fourth-order valence-electron chi connectivity index (χ4n) is 8.66. The summed E-state index contributed by atoms with van der Waals surface area (Å²) in [5.41, 5.74) is 6.68. The summed E-state index contributed by atoms with van der Waals surface area (Å²) in [4.78, 5) is 10.2. The molecule has 0 unspecified atom stereocenters. The van der Waals surface area contributed by atoms with Gasteiger partial charge in [0.2, 0.25) is 7.41 Å². The third kappa shape index (κ3) is 7.06. The van der Waals surface area contributed by atoms with Crippen LogP contribution in [0.4, 0.5) is 0 Å². The first kappa shape index (κ1) is 41.0. The van der Waals surface area contributed by atoms with Crippen molar-refractivity contribution in [3.05, 3.63) is 166 Å². The van der Waals surface area contributed by atoms with Gasteiger partial charge in [0.15, 0.2) is 0 Å². The van der Waals surface area contributed by atoms with Gasteiger partial charge >= 0.3 is 6.85 Å². The molecule has 0 amide bonds. The first-order chi connectivity index (χ1) is 31.8. The van der Waals surface area contributed by atoms with E-state index < -0.39 is 6.85 Å². The zero-order chi connectivity index (χ0) is 44.8. The van der Waals surface area contributed by atoms with Gasteiger partial charge in [-0.1, -0.05) is 78.4 Å². The molecule has 0 spiro atoms. The van der Waals surface area contributed by atoms with E-state index in [-0.39, 0.29) is 11.5 Å². The van der Waals surface area contributed by atoms with Crippen molar-refractivity contribution in [3.63, 3.8) is 0 Å². The van der Waals surface area contributed by atoms with Crippen LogP contribution in [0.25, 0.3) is 64.9 Å². The average molecular weight is 882 g/mol. The molecule has 0 aliphatic rings. The molecule has 1 radical (unpaired) electrons. The van der Waals surface area contributed by atoms with Crippen LogP contribution in [-0.2, 0) is 0 Å². The molecule has 0 saturated carbocycles. The predicted molar refractivity (Wildman–Crippen MR) is 262 cm³/mol. The van der Waals surface area contributed by atoms with E-state index in [9.17, 15) is 20.7 Å². The van der Waals surface area contributed by atoms with E-state index in [1.165, 1.54) is 22.7 Å². The van der Waals surface area contributed by atoms with Gasteiger partial charge in [0.05, 0.1) is 45.4 Å². The monoisotopic (exact) mass is 881 g/mol. The van der Waals surface area contributed by atoms with E-state index >= 15 is 0 Å². The molecule has 0 aliphatic carbocycles. The number of nitriles is 2. The molecular formula is C51H35B2N6O4S2. The predicted octanol–water partition coefficient (Wildman–Crippen LogP) is 8.04. The van der Waals surface area contributed by atoms with E-state index in [1.807, 2.05) is 116 Å². The van der Waals surface area contributed by atoms with E-state index in [2.05, 4.69) is 40.9 Å². The van der Waals surface area contributed by atoms with Crippen molar-refractivity contribution in [1.82, 2.24) is 18.9 Å². The lowest BCUT2D eigenvalue weighted by atomic mass is 9.50. The van der Waals surface area contributed by atoms with E-state index in [0.717, 1.165) is 31.5 Å². The number of fused-ring (bicyclic) bond motifs is 3. The summed E-state index contributed by atoms with van der Waals surface area (Å²) in [6.07, 6.45) is 0. The molecule has 6 aromatic carbocycles. The van der Waals surface area contributed by atoms with Crippen molar-refractivity contribution >= 4 is 90.2 Å². The van der Waals surface area contributed by atoms with Crippen molar-refractivity contribution in [2.45, 2.75) is 6.82 Å². The van der Waals surface area contributed by atoms with Gasteiger partial charge in [-0.3, -0.25) is 0 Å². The Labute approximate surface area is 382 Å². The van der Waals surface area contributed by atoms with Gasteiger partial charge in [0.25, 0.3) is 0 Å². The third-order valence-electron chi connectivity index (χ3n) is 11.5. The third-order valence-corrected chi connectivity index (χ3v) is 13.6. The van der Waals surface area contributed by atoms with Crippen LogP contribution in [0.5, 0.6) is 23.0 Å². The standard InChI is InChI=1S/C51H35B2N6O4S2/c1-52-58-46(30-14-18-34(60)19-15-30)44-45(48(58)38(28-54)50-56-40-26-36(62-2)22-24-42(40)64-50)47(31-16-20-35(61)21-17-31)59(53(32-10-6-4-7-11-32)33-12-8-5-9-13-33)49(44)39(29-55)51-57-41-27-37(63-3)23-25-43(41)65-51/h4-27,60-61H,1-3H3/b48-38-,49-39-. The molecule has 0 bridgehead atoms. The van der Waals surface area contributed by atoms with Crippen LogP contribution >= 0.6 is 22.7 Å². The number of thiazole rings is 2. The van der Waals surface area contributed by atoms with Crippen LogP contribution in [-0.4, -0.2) is 57.6 Å². The Balaban J connectivity index is 1.53. The molecule has 0 fully saturated rings. The number of benzene rings is 6. The summed E-state index contributed by atoms with van der Waals surface area (Å²) in [6, 6.07) is 50.8.